The summed E-state index contributed by atoms with van der Waals surface area (Å²) in [7, 11) is -4.69. The number of rotatable bonds is 11. The second kappa shape index (κ2) is 12.0. The fourth-order valence-corrected chi connectivity index (χ4v) is 5.47. The van der Waals surface area contributed by atoms with E-state index in [0.717, 1.165) is 21.3 Å². The number of amides is 1. The van der Waals surface area contributed by atoms with Crippen molar-refractivity contribution in [3.05, 3.63) is 24.4 Å². The van der Waals surface area contributed by atoms with E-state index < -0.39 is 75.7 Å². The molecule has 1 atom stereocenters. The van der Waals surface area contributed by atoms with E-state index in [2.05, 4.69) is 15.2 Å². The van der Waals surface area contributed by atoms with E-state index in [9.17, 15) is 45.1 Å². The lowest BCUT2D eigenvalue weighted by Crippen LogP contribution is -2.46. The van der Waals surface area contributed by atoms with E-state index >= 15 is 0 Å². The minimum atomic E-state index is -4.88. The number of nitrogens with one attached hydrogen (secondary N) is 1. The van der Waals surface area contributed by atoms with Gasteiger partial charge in [0, 0.05) is 24.8 Å². The van der Waals surface area contributed by atoms with Gasteiger partial charge >= 0.3 is 18.2 Å². The number of aryl methyl sites for hydroxylation is 1. The molecule has 1 amide bonds. The van der Waals surface area contributed by atoms with Gasteiger partial charge in [-0.15, -0.1) is 5.10 Å². The van der Waals surface area contributed by atoms with Crippen LogP contribution in [0.2, 0.25) is 0 Å². The van der Waals surface area contributed by atoms with Gasteiger partial charge < -0.3 is 19.3 Å². The number of aromatic nitrogens is 2. The van der Waals surface area contributed by atoms with Crippen LogP contribution in [0.3, 0.4) is 0 Å². The number of nitrogens with zero attached hydrogens (tertiary/aromatic N) is 3. The van der Waals surface area contributed by atoms with Crippen molar-refractivity contribution in [2.24, 2.45) is 5.41 Å². The summed E-state index contributed by atoms with van der Waals surface area (Å²) < 4.78 is 111. The Morgan fingerprint density at radius 2 is 1.86 bits per heavy atom. The fourth-order valence-electron chi connectivity index (χ4n) is 3.90. The van der Waals surface area contributed by atoms with E-state index in [0.29, 0.717) is 13.8 Å². The molecule has 2 heterocycles. The zero-order chi connectivity index (χ0) is 32.5. The lowest BCUT2D eigenvalue weighted by Gasteiger charge is -2.37. The summed E-state index contributed by atoms with van der Waals surface area (Å²) in [5.74, 6) is -1.86. The number of carbonyl (C=O) groups is 2. The third-order valence-corrected chi connectivity index (χ3v) is 8.18. The highest BCUT2D eigenvalue weighted by Gasteiger charge is 2.51. The third-order valence-electron chi connectivity index (χ3n) is 6.42. The summed E-state index contributed by atoms with van der Waals surface area (Å²) in [6, 6.07) is 3.53. The molecule has 1 aliphatic rings. The van der Waals surface area contributed by atoms with Crippen LogP contribution in [0.1, 0.15) is 41.0 Å². The molecule has 12 nitrogen and oxygen atoms in total. The smallest absolute Gasteiger partial charge is 0.427 e. The predicted molar refractivity (Wildman–Crippen MR) is 141 cm³/mol. The van der Waals surface area contributed by atoms with Gasteiger partial charge in [-0.1, -0.05) is 0 Å². The molecule has 1 aliphatic heterocycles. The molecule has 240 valence electrons. The molecule has 2 aromatic rings. The largest absolute Gasteiger partial charge is 0.486 e. The average molecular weight is 643 g/mol. The highest BCUT2D eigenvalue weighted by molar-refractivity contribution is 7.93. The molecule has 18 heteroatoms. The molecule has 0 bridgehead atoms. The van der Waals surface area contributed by atoms with E-state index in [4.69, 9.17) is 9.47 Å². The molecule has 0 spiro atoms. The van der Waals surface area contributed by atoms with Gasteiger partial charge in [-0.05, 0) is 52.8 Å². The Morgan fingerprint density at radius 1 is 1.21 bits per heavy atom. The number of sulfonamides is 1. The number of anilines is 2. The lowest BCUT2D eigenvalue weighted by atomic mass is 9.86. The molecule has 1 aromatic heterocycles. The highest BCUT2D eigenvalue weighted by Crippen LogP contribution is 2.42. The number of alkyl halides is 5. The summed E-state index contributed by atoms with van der Waals surface area (Å²) in [6.07, 6.45) is -9.41. The molecule has 0 saturated carbocycles. The van der Waals surface area contributed by atoms with Crippen molar-refractivity contribution in [2.45, 2.75) is 76.8 Å². The zero-order valence-corrected chi connectivity index (χ0v) is 24.6. The van der Waals surface area contributed by atoms with Crippen LogP contribution in [-0.2, 0) is 26.1 Å². The Labute approximate surface area is 243 Å². The van der Waals surface area contributed by atoms with E-state index in [1.807, 2.05) is 0 Å². The number of hydrogen-bond donors (Lipinski definition) is 2. The Balaban J connectivity index is 2.06. The van der Waals surface area contributed by atoms with Crippen LogP contribution in [0.5, 0.6) is 11.6 Å². The first-order valence-electron chi connectivity index (χ1n) is 12.8. The van der Waals surface area contributed by atoms with Gasteiger partial charge in [0.2, 0.25) is 5.60 Å². The van der Waals surface area contributed by atoms with Crippen molar-refractivity contribution in [2.75, 3.05) is 22.8 Å². The van der Waals surface area contributed by atoms with Gasteiger partial charge in [0.05, 0.1) is 17.6 Å². The monoisotopic (exact) mass is 642 g/mol. The van der Waals surface area contributed by atoms with Crippen LogP contribution < -0.4 is 19.1 Å². The lowest BCUT2D eigenvalue weighted by molar-refractivity contribution is -0.242. The number of halogens is 5. The number of carboxylic acid groups (broad SMARTS) is 1. The van der Waals surface area contributed by atoms with Crippen molar-refractivity contribution < 1.29 is 59.3 Å². The van der Waals surface area contributed by atoms with Crippen molar-refractivity contribution in [3.63, 3.8) is 0 Å². The molecule has 0 fully saturated rings. The van der Waals surface area contributed by atoms with Crippen molar-refractivity contribution in [1.82, 2.24) is 9.78 Å². The number of benzene rings is 1. The summed E-state index contributed by atoms with van der Waals surface area (Å²) in [6.45, 7) is 4.27. The molecule has 1 aromatic carbocycles. The van der Waals surface area contributed by atoms with Gasteiger partial charge in [0.25, 0.3) is 22.3 Å². The zero-order valence-electron chi connectivity index (χ0n) is 23.7. The Hall–Kier alpha value is -3.83. The third kappa shape index (κ3) is 7.58. The summed E-state index contributed by atoms with van der Waals surface area (Å²) in [5, 5.41) is 15.6. The molecular weight excluding hydrogens is 611 g/mol. The van der Waals surface area contributed by atoms with Crippen LogP contribution in [0.15, 0.2) is 29.3 Å². The maximum Gasteiger partial charge on any atom is 0.427 e. The first kappa shape index (κ1) is 33.7. The second-order valence-corrected chi connectivity index (χ2v) is 12.6. The SMILES string of the molecule is CCn1cc(S(=O)(=O)N2CC(CC(C)(C)C(=O)O)Oc3ccc(NC(=O)OC(C)(C)C(F)(F)F)cc32)c(OCC(F)F)n1. The number of carboxylic acids is 1. The van der Waals surface area contributed by atoms with Gasteiger partial charge in [-0.25, -0.2) is 22.0 Å². The average Bonchev–Trinajstić information content (AvgIpc) is 3.30. The van der Waals surface area contributed by atoms with Crippen LogP contribution in [0.4, 0.5) is 38.1 Å². The van der Waals surface area contributed by atoms with Crippen LogP contribution in [-0.4, -0.2) is 72.8 Å². The van der Waals surface area contributed by atoms with Crippen molar-refractivity contribution in [3.8, 4) is 11.6 Å². The first-order valence-corrected chi connectivity index (χ1v) is 14.2. The van der Waals surface area contributed by atoms with Crippen LogP contribution in [0, 0.1) is 5.41 Å². The minimum Gasteiger partial charge on any atom is -0.486 e. The van der Waals surface area contributed by atoms with Gasteiger partial charge in [-0.3, -0.25) is 19.1 Å². The highest BCUT2D eigenvalue weighted by atomic mass is 32.2. The normalized spacial score (nSPS) is 16.0. The predicted octanol–water partition coefficient (Wildman–Crippen LogP) is 4.89. The van der Waals surface area contributed by atoms with Gasteiger partial charge in [0.1, 0.15) is 11.9 Å². The van der Waals surface area contributed by atoms with E-state index in [1.54, 1.807) is 6.92 Å². The first-order chi connectivity index (χ1) is 19.7. The molecule has 0 aliphatic carbocycles. The Bertz CT molecular complexity index is 1460. The van der Waals surface area contributed by atoms with Crippen molar-refractivity contribution in [1.29, 1.82) is 0 Å². The molecule has 0 saturated heterocycles. The molecule has 43 heavy (non-hydrogen) atoms. The number of carbonyl (C=O) groups excluding carboxylic acids is 1. The van der Waals surface area contributed by atoms with Gasteiger partial charge in [0.15, 0.2) is 11.5 Å². The summed E-state index contributed by atoms with van der Waals surface area (Å²) in [5.41, 5.74) is -4.57. The topological polar surface area (TPSA) is 149 Å². The fraction of sp³-hybridized carbons (Fsp3) is 0.560. The molecular formula is C25H31F5N4O8S. The van der Waals surface area contributed by atoms with Crippen LogP contribution in [0.25, 0.3) is 0 Å². The molecule has 2 N–H and O–H groups in total. The van der Waals surface area contributed by atoms with Crippen molar-refractivity contribution >= 4 is 33.5 Å². The molecule has 3 rings (SSSR count). The number of aliphatic carboxylic acids is 1. The quantitative estimate of drug-likeness (QED) is 0.327. The minimum absolute atomic E-state index is 0.0755. The maximum atomic E-state index is 14.0. The number of hydrogen-bond acceptors (Lipinski definition) is 8. The second-order valence-electron chi connectivity index (χ2n) is 10.7. The maximum absolute atomic E-state index is 14.0. The molecule has 0 radical (unpaired) electrons. The standard InChI is InChI=1S/C25H31F5N4O8S/c1-6-33-12-18(20(32-33)40-13-19(26)27)43(38,39)34-11-15(10-23(2,3)21(35)36)41-17-8-7-14(9-16(17)34)31-22(37)42-24(4,5)25(28,29)30/h7-9,12,15,19H,6,10-11,13H2,1-5H3,(H,31,37)(H,35,36). The molecule has 1 unspecified atom stereocenters. The summed E-state index contributed by atoms with van der Waals surface area (Å²) in [4.78, 5) is 23.5. The number of fused-ring (bicyclic) bond motifs is 1. The Kier molecular flexibility index (Phi) is 9.43. The van der Waals surface area contributed by atoms with E-state index in [-0.39, 0.29) is 30.1 Å². The van der Waals surface area contributed by atoms with E-state index in [1.165, 1.54) is 26.0 Å². The van der Waals surface area contributed by atoms with Crippen LogP contribution >= 0.6 is 0 Å². The van der Waals surface area contributed by atoms with Gasteiger partial charge in [-0.2, -0.15) is 13.2 Å². The number of ether oxygens (including phenoxy) is 3. The summed E-state index contributed by atoms with van der Waals surface area (Å²) >= 11 is 0. The Morgan fingerprint density at radius 3 is 2.42 bits per heavy atom.